The van der Waals surface area contributed by atoms with E-state index < -0.39 is 5.67 Å². The fraction of sp³-hybridized carbons (Fsp3) is 0.833. The Balaban J connectivity index is 2.19. The van der Waals surface area contributed by atoms with Crippen LogP contribution in [0.5, 0.6) is 0 Å². The lowest BCUT2D eigenvalue weighted by molar-refractivity contribution is 0.0822. The zero-order valence-corrected chi connectivity index (χ0v) is 5.15. The molecule has 1 aliphatic heterocycles. The van der Waals surface area contributed by atoms with Crippen molar-refractivity contribution in [1.82, 2.24) is 5.32 Å². The van der Waals surface area contributed by atoms with Crippen molar-refractivity contribution in [1.29, 1.82) is 5.26 Å². The van der Waals surface area contributed by atoms with Crippen LogP contribution in [0.15, 0.2) is 0 Å². The monoisotopic (exact) mass is 128 g/mol. The summed E-state index contributed by atoms with van der Waals surface area (Å²) in [7, 11) is 0. The third kappa shape index (κ3) is 1.39. The lowest BCUT2D eigenvalue weighted by Gasteiger charge is -2.34. The predicted molar refractivity (Wildman–Crippen MR) is 31.6 cm³/mol. The van der Waals surface area contributed by atoms with Crippen LogP contribution < -0.4 is 5.32 Å². The standard InChI is InChI=1S/C6H9FN2/c7-6(2-1-3-8)4-9-5-6/h9H,1-2,4-5H2. The lowest BCUT2D eigenvalue weighted by atomic mass is 9.94. The predicted octanol–water partition coefficient (Wildman–Crippen LogP) is 0.602. The number of nitrogens with one attached hydrogen (secondary N) is 1. The van der Waals surface area contributed by atoms with Crippen molar-refractivity contribution in [3.63, 3.8) is 0 Å². The van der Waals surface area contributed by atoms with E-state index in [9.17, 15) is 4.39 Å². The number of rotatable bonds is 2. The van der Waals surface area contributed by atoms with Gasteiger partial charge in [0.05, 0.1) is 6.07 Å². The molecule has 1 aliphatic rings. The van der Waals surface area contributed by atoms with Crippen LogP contribution >= 0.6 is 0 Å². The number of halogens is 1. The highest BCUT2D eigenvalue weighted by atomic mass is 19.1. The van der Waals surface area contributed by atoms with Crippen LogP contribution in [-0.4, -0.2) is 18.8 Å². The van der Waals surface area contributed by atoms with E-state index in [1.165, 1.54) is 0 Å². The van der Waals surface area contributed by atoms with Crippen LogP contribution in [0.3, 0.4) is 0 Å². The maximum absolute atomic E-state index is 12.9. The molecule has 0 aromatic heterocycles. The number of alkyl halides is 1. The molecule has 0 radical (unpaired) electrons. The van der Waals surface area contributed by atoms with Crippen molar-refractivity contribution in [2.45, 2.75) is 18.5 Å². The molecule has 1 N–H and O–H groups in total. The van der Waals surface area contributed by atoms with Gasteiger partial charge in [0.15, 0.2) is 0 Å². The zero-order chi connectivity index (χ0) is 6.74. The van der Waals surface area contributed by atoms with E-state index in [2.05, 4.69) is 5.32 Å². The Morgan fingerprint density at radius 2 is 2.33 bits per heavy atom. The smallest absolute Gasteiger partial charge is 0.136 e. The lowest BCUT2D eigenvalue weighted by Crippen LogP contribution is -2.56. The molecular weight excluding hydrogens is 119 g/mol. The van der Waals surface area contributed by atoms with E-state index in [1.54, 1.807) is 0 Å². The molecule has 3 heteroatoms. The van der Waals surface area contributed by atoms with E-state index in [1.807, 2.05) is 6.07 Å². The van der Waals surface area contributed by atoms with Gasteiger partial charge in [0.2, 0.25) is 0 Å². The quantitative estimate of drug-likeness (QED) is 0.591. The minimum Gasteiger partial charge on any atom is -0.310 e. The highest BCUT2D eigenvalue weighted by Crippen LogP contribution is 2.21. The number of nitrogens with zero attached hydrogens (tertiary/aromatic N) is 1. The van der Waals surface area contributed by atoms with Crippen LogP contribution in [0, 0.1) is 11.3 Å². The summed E-state index contributed by atoms with van der Waals surface area (Å²) in [4.78, 5) is 0. The van der Waals surface area contributed by atoms with Crippen LogP contribution in [0.2, 0.25) is 0 Å². The van der Waals surface area contributed by atoms with Crippen LogP contribution in [0.1, 0.15) is 12.8 Å². The molecule has 0 unspecified atom stereocenters. The summed E-state index contributed by atoms with van der Waals surface area (Å²) in [5.41, 5.74) is -1.06. The molecule has 0 saturated carbocycles. The van der Waals surface area contributed by atoms with Gasteiger partial charge in [-0.25, -0.2) is 4.39 Å². The first kappa shape index (κ1) is 6.50. The Kier molecular flexibility index (Phi) is 1.68. The molecule has 2 nitrogen and oxygen atoms in total. The Hall–Kier alpha value is -0.620. The summed E-state index contributed by atoms with van der Waals surface area (Å²) >= 11 is 0. The molecule has 0 aliphatic carbocycles. The van der Waals surface area contributed by atoms with Crippen molar-refractivity contribution in [2.75, 3.05) is 13.1 Å². The average molecular weight is 128 g/mol. The molecule has 9 heavy (non-hydrogen) atoms. The number of hydrogen-bond acceptors (Lipinski definition) is 2. The maximum atomic E-state index is 12.9. The molecule has 1 saturated heterocycles. The van der Waals surface area contributed by atoms with Gasteiger partial charge in [-0.2, -0.15) is 5.26 Å². The van der Waals surface area contributed by atoms with E-state index in [-0.39, 0.29) is 0 Å². The number of nitriles is 1. The van der Waals surface area contributed by atoms with Gasteiger partial charge in [-0.05, 0) is 6.42 Å². The van der Waals surface area contributed by atoms with Gasteiger partial charge in [0, 0.05) is 19.5 Å². The minimum atomic E-state index is -1.06. The minimum absolute atomic E-state index is 0.332. The van der Waals surface area contributed by atoms with Gasteiger partial charge < -0.3 is 5.32 Å². The zero-order valence-electron chi connectivity index (χ0n) is 5.15. The average Bonchev–Trinajstić information content (AvgIpc) is 1.79. The fourth-order valence-corrected chi connectivity index (χ4v) is 0.853. The summed E-state index contributed by atoms with van der Waals surface area (Å²) in [5.74, 6) is 0. The largest absolute Gasteiger partial charge is 0.310 e. The molecule has 0 amide bonds. The van der Waals surface area contributed by atoms with Gasteiger partial charge in [-0.3, -0.25) is 0 Å². The summed E-state index contributed by atoms with van der Waals surface area (Å²) in [6, 6.07) is 1.92. The molecule has 0 spiro atoms. The van der Waals surface area contributed by atoms with E-state index in [0.717, 1.165) is 0 Å². The van der Waals surface area contributed by atoms with Gasteiger partial charge in [0.25, 0.3) is 0 Å². The first-order valence-corrected chi connectivity index (χ1v) is 3.03. The first-order valence-electron chi connectivity index (χ1n) is 3.03. The van der Waals surface area contributed by atoms with Crippen molar-refractivity contribution in [3.05, 3.63) is 0 Å². The molecule has 1 fully saturated rings. The van der Waals surface area contributed by atoms with Gasteiger partial charge in [0.1, 0.15) is 5.67 Å². The van der Waals surface area contributed by atoms with Crippen LogP contribution in [0.4, 0.5) is 4.39 Å². The maximum Gasteiger partial charge on any atom is 0.136 e. The van der Waals surface area contributed by atoms with Crippen molar-refractivity contribution < 1.29 is 4.39 Å². The summed E-state index contributed by atoms with van der Waals surface area (Å²) in [5, 5.41) is 10.9. The summed E-state index contributed by atoms with van der Waals surface area (Å²) < 4.78 is 12.9. The third-order valence-electron chi connectivity index (χ3n) is 1.57. The Morgan fingerprint density at radius 3 is 2.67 bits per heavy atom. The normalized spacial score (nSPS) is 22.2. The van der Waals surface area contributed by atoms with Crippen LogP contribution in [-0.2, 0) is 0 Å². The fourth-order valence-electron chi connectivity index (χ4n) is 0.853. The summed E-state index contributed by atoms with van der Waals surface area (Å²) in [6.45, 7) is 0.851. The Bertz CT molecular complexity index is 134. The SMILES string of the molecule is N#CCCC1(F)CNC1. The van der Waals surface area contributed by atoms with E-state index in [0.29, 0.717) is 25.9 Å². The Labute approximate surface area is 53.7 Å². The Morgan fingerprint density at radius 1 is 1.67 bits per heavy atom. The van der Waals surface area contributed by atoms with Crippen molar-refractivity contribution in [2.24, 2.45) is 0 Å². The van der Waals surface area contributed by atoms with Gasteiger partial charge in [-0.1, -0.05) is 0 Å². The molecule has 0 aromatic carbocycles. The molecule has 0 atom stereocenters. The second-order valence-electron chi connectivity index (χ2n) is 2.41. The second kappa shape index (κ2) is 2.32. The summed E-state index contributed by atoms with van der Waals surface area (Å²) in [6.07, 6.45) is 0.717. The topological polar surface area (TPSA) is 35.8 Å². The second-order valence-corrected chi connectivity index (χ2v) is 2.41. The number of hydrogen-bond donors (Lipinski definition) is 1. The van der Waals surface area contributed by atoms with Crippen molar-refractivity contribution >= 4 is 0 Å². The molecule has 0 aromatic rings. The van der Waals surface area contributed by atoms with Crippen molar-refractivity contribution in [3.8, 4) is 6.07 Å². The highest BCUT2D eigenvalue weighted by molar-refractivity contribution is 4.94. The highest BCUT2D eigenvalue weighted by Gasteiger charge is 2.35. The third-order valence-corrected chi connectivity index (χ3v) is 1.57. The van der Waals surface area contributed by atoms with Gasteiger partial charge >= 0.3 is 0 Å². The van der Waals surface area contributed by atoms with E-state index >= 15 is 0 Å². The molecule has 1 heterocycles. The first-order chi connectivity index (χ1) is 4.27. The molecule has 50 valence electrons. The molecule has 1 rings (SSSR count). The van der Waals surface area contributed by atoms with Gasteiger partial charge in [-0.15, -0.1) is 0 Å². The molecular formula is C6H9FN2. The van der Waals surface area contributed by atoms with Crippen LogP contribution in [0.25, 0.3) is 0 Å². The van der Waals surface area contributed by atoms with E-state index in [4.69, 9.17) is 5.26 Å². The molecule has 0 bridgehead atoms.